The number of benzene rings is 10. The molecule has 1 aromatic heterocycles. The van der Waals surface area contributed by atoms with Crippen molar-refractivity contribution in [1.82, 2.24) is 0 Å². The van der Waals surface area contributed by atoms with Crippen LogP contribution in [0.1, 0.15) is 0 Å². The minimum Gasteiger partial charge on any atom is -0.310 e. The van der Waals surface area contributed by atoms with E-state index >= 15 is 0 Å². The molecule has 0 aliphatic heterocycles. The average molecular weight is 730 g/mol. The maximum Gasteiger partial charge on any atom is 0.0467 e. The molecule has 0 N–H and O–H groups in total. The number of rotatable bonds is 6. The first-order valence-corrected chi connectivity index (χ1v) is 20.0. The first kappa shape index (κ1) is 32.4. The summed E-state index contributed by atoms with van der Waals surface area (Å²) in [5, 5.41) is 10.2. The Bertz CT molecular complexity index is 3250. The van der Waals surface area contributed by atoms with Gasteiger partial charge in [0.2, 0.25) is 0 Å². The van der Waals surface area contributed by atoms with Gasteiger partial charge in [-0.15, -0.1) is 11.3 Å². The van der Waals surface area contributed by atoms with E-state index in [-0.39, 0.29) is 0 Å². The van der Waals surface area contributed by atoms with E-state index in [9.17, 15) is 0 Å². The third kappa shape index (κ3) is 5.62. The van der Waals surface area contributed by atoms with E-state index < -0.39 is 0 Å². The molecular formula is C54H35NS. The van der Waals surface area contributed by atoms with Crippen LogP contribution in [0.5, 0.6) is 0 Å². The highest BCUT2D eigenvalue weighted by Crippen LogP contribution is 2.42. The van der Waals surface area contributed by atoms with Crippen LogP contribution in [0.3, 0.4) is 0 Å². The minimum absolute atomic E-state index is 1.11. The normalized spacial score (nSPS) is 11.6. The van der Waals surface area contributed by atoms with Crippen molar-refractivity contribution in [2.45, 2.75) is 0 Å². The van der Waals surface area contributed by atoms with Crippen molar-refractivity contribution in [3.05, 3.63) is 212 Å². The molecule has 262 valence electrons. The molecule has 1 nitrogen and oxygen atoms in total. The molecule has 0 amide bonds. The van der Waals surface area contributed by atoms with Gasteiger partial charge in [0.1, 0.15) is 0 Å². The number of fused-ring (bicyclic) bond motifs is 7. The molecule has 0 aliphatic rings. The first-order chi connectivity index (χ1) is 27.7. The molecule has 1 heterocycles. The van der Waals surface area contributed by atoms with Crippen molar-refractivity contribution < 1.29 is 0 Å². The number of thiophene rings is 1. The molecule has 0 saturated heterocycles. The Morgan fingerprint density at radius 3 is 1.61 bits per heavy atom. The molecule has 0 radical (unpaired) electrons. The van der Waals surface area contributed by atoms with E-state index in [0.29, 0.717) is 0 Å². The first-order valence-electron chi connectivity index (χ1n) is 19.2. The van der Waals surface area contributed by atoms with E-state index in [4.69, 9.17) is 0 Å². The van der Waals surface area contributed by atoms with Crippen molar-refractivity contribution in [2.24, 2.45) is 0 Å². The summed E-state index contributed by atoms with van der Waals surface area (Å²) in [6.45, 7) is 0. The molecule has 0 spiro atoms. The molecule has 11 rings (SSSR count). The highest BCUT2D eigenvalue weighted by Gasteiger charge is 2.16. The van der Waals surface area contributed by atoms with E-state index in [1.165, 1.54) is 85.9 Å². The number of nitrogens with zero attached hydrogens (tertiary/aromatic N) is 1. The summed E-state index contributed by atoms with van der Waals surface area (Å²) in [4.78, 5) is 2.39. The third-order valence-corrected chi connectivity index (χ3v) is 12.4. The fraction of sp³-hybridized carbons (Fsp3) is 0. The topological polar surface area (TPSA) is 3.24 Å². The smallest absolute Gasteiger partial charge is 0.0467 e. The second kappa shape index (κ2) is 13.4. The van der Waals surface area contributed by atoms with Gasteiger partial charge in [0, 0.05) is 37.2 Å². The van der Waals surface area contributed by atoms with Crippen LogP contribution < -0.4 is 4.90 Å². The predicted molar refractivity (Wildman–Crippen MR) is 243 cm³/mol. The Labute approximate surface area is 330 Å². The van der Waals surface area contributed by atoms with Gasteiger partial charge in [-0.1, -0.05) is 146 Å². The lowest BCUT2D eigenvalue weighted by atomic mass is 9.93. The van der Waals surface area contributed by atoms with Crippen LogP contribution in [0.2, 0.25) is 0 Å². The van der Waals surface area contributed by atoms with E-state index in [0.717, 1.165) is 17.1 Å². The molecule has 0 unspecified atom stereocenters. The zero-order valence-electron chi connectivity index (χ0n) is 30.6. The van der Waals surface area contributed by atoms with Gasteiger partial charge in [-0.05, 0) is 132 Å². The Balaban J connectivity index is 1.03. The Hall–Kier alpha value is -7.00. The van der Waals surface area contributed by atoms with E-state index in [1.54, 1.807) is 0 Å². The maximum atomic E-state index is 2.39. The standard InChI is InChI=1S/C54H35NS/c1-2-11-39-32-40(21-20-36(39)10-1)37-22-27-44(28-23-37)55(45-29-24-38(25-30-45)41-26-31-54-52(34-41)50-18-7-8-19-53(50)56-54)46-14-9-13-42(33-46)51-35-43-12-3-4-15-47(43)48-16-5-6-17-49(48)51/h1-35H. The third-order valence-electron chi connectivity index (χ3n) is 11.2. The summed E-state index contributed by atoms with van der Waals surface area (Å²) in [6.07, 6.45) is 0. The molecule has 0 saturated carbocycles. The van der Waals surface area contributed by atoms with Gasteiger partial charge in [-0.25, -0.2) is 0 Å². The van der Waals surface area contributed by atoms with Crippen LogP contribution in [0, 0.1) is 0 Å². The van der Waals surface area contributed by atoms with Crippen molar-refractivity contribution >= 4 is 80.9 Å². The van der Waals surface area contributed by atoms with Gasteiger partial charge >= 0.3 is 0 Å². The molecule has 10 aromatic carbocycles. The van der Waals surface area contributed by atoms with Gasteiger partial charge in [-0.3, -0.25) is 0 Å². The molecule has 0 fully saturated rings. The van der Waals surface area contributed by atoms with Crippen LogP contribution in [0.4, 0.5) is 17.1 Å². The lowest BCUT2D eigenvalue weighted by Crippen LogP contribution is -2.10. The summed E-state index contributed by atoms with van der Waals surface area (Å²) in [5.41, 5.74) is 10.6. The molecule has 56 heavy (non-hydrogen) atoms. The lowest BCUT2D eigenvalue weighted by molar-refractivity contribution is 1.28. The zero-order chi connectivity index (χ0) is 37.0. The summed E-state index contributed by atoms with van der Waals surface area (Å²) in [6, 6.07) is 77.8. The molecule has 2 heteroatoms. The molecular weight excluding hydrogens is 695 g/mol. The highest BCUT2D eigenvalue weighted by molar-refractivity contribution is 7.25. The summed E-state index contributed by atoms with van der Waals surface area (Å²) >= 11 is 1.86. The van der Waals surface area contributed by atoms with Crippen LogP contribution >= 0.6 is 11.3 Å². The Morgan fingerprint density at radius 2 is 0.839 bits per heavy atom. The average Bonchev–Trinajstić information content (AvgIpc) is 3.65. The highest BCUT2D eigenvalue weighted by atomic mass is 32.1. The fourth-order valence-electron chi connectivity index (χ4n) is 8.43. The van der Waals surface area contributed by atoms with Gasteiger partial charge in [0.25, 0.3) is 0 Å². The van der Waals surface area contributed by atoms with Gasteiger partial charge < -0.3 is 4.90 Å². The molecule has 0 bridgehead atoms. The SMILES string of the molecule is c1cc(-c2cc3ccccc3c3ccccc23)cc(N(c2ccc(-c3ccc4ccccc4c3)cc2)c2ccc(-c3ccc4sc5ccccc5c4c3)cc2)c1. The molecule has 11 aromatic rings. The summed E-state index contributed by atoms with van der Waals surface area (Å²) < 4.78 is 2.65. The zero-order valence-corrected chi connectivity index (χ0v) is 31.4. The van der Waals surface area contributed by atoms with Crippen LogP contribution in [-0.2, 0) is 0 Å². The van der Waals surface area contributed by atoms with Gasteiger partial charge in [0.05, 0.1) is 0 Å². The van der Waals surface area contributed by atoms with Gasteiger partial charge in [0.15, 0.2) is 0 Å². The predicted octanol–water partition coefficient (Wildman–Crippen LogP) is 16.0. The Kier molecular flexibility index (Phi) is 7.75. The van der Waals surface area contributed by atoms with Crippen molar-refractivity contribution in [3.8, 4) is 33.4 Å². The molecule has 0 atom stereocenters. The summed E-state index contributed by atoms with van der Waals surface area (Å²) in [5.74, 6) is 0. The van der Waals surface area contributed by atoms with Gasteiger partial charge in [-0.2, -0.15) is 0 Å². The van der Waals surface area contributed by atoms with Crippen molar-refractivity contribution in [1.29, 1.82) is 0 Å². The number of hydrogen-bond donors (Lipinski definition) is 0. The minimum atomic E-state index is 1.11. The van der Waals surface area contributed by atoms with Crippen molar-refractivity contribution in [2.75, 3.05) is 4.90 Å². The summed E-state index contributed by atoms with van der Waals surface area (Å²) in [7, 11) is 0. The number of anilines is 3. The van der Waals surface area contributed by atoms with Crippen LogP contribution in [0.15, 0.2) is 212 Å². The maximum absolute atomic E-state index is 2.39. The van der Waals surface area contributed by atoms with E-state index in [2.05, 4.69) is 217 Å². The number of hydrogen-bond acceptors (Lipinski definition) is 2. The quantitative estimate of drug-likeness (QED) is 0.154. The van der Waals surface area contributed by atoms with E-state index in [1.807, 2.05) is 11.3 Å². The fourth-order valence-corrected chi connectivity index (χ4v) is 9.52. The second-order valence-corrected chi connectivity index (χ2v) is 15.6. The lowest BCUT2D eigenvalue weighted by Gasteiger charge is -2.26. The Morgan fingerprint density at radius 1 is 0.268 bits per heavy atom. The van der Waals surface area contributed by atoms with Crippen molar-refractivity contribution in [3.63, 3.8) is 0 Å². The monoisotopic (exact) mass is 729 g/mol. The van der Waals surface area contributed by atoms with Crippen LogP contribution in [0.25, 0.3) is 85.9 Å². The van der Waals surface area contributed by atoms with Crippen LogP contribution in [-0.4, -0.2) is 0 Å². The molecule has 0 aliphatic carbocycles. The largest absolute Gasteiger partial charge is 0.310 e. The second-order valence-electron chi connectivity index (χ2n) is 14.5.